The summed E-state index contributed by atoms with van der Waals surface area (Å²) in [4.78, 5) is 16.2. The van der Waals surface area contributed by atoms with Crippen LogP contribution < -0.4 is 5.48 Å². The number of nitrogens with zero attached hydrogens (tertiary/aromatic N) is 2. The minimum atomic E-state index is -4.29. The number of nitrogens with one attached hydrogen (secondary N) is 1. The van der Waals surface area contributed by atoms with Gasteiger partial charge in [-0.05, 0) is 50.2 Å². The van der Waals surface area contributed by atoms with Gasteiger partial charge in [-0.3, -0.25) is 15.0 Å². The fourth-order valence-electron chi connectivity index (χ4n) is 3.86. The van der Waals surface area contributed by atoms with Crippen molar-refractivity contribution in [1.29, 1.82) is 0 Å². The molecule has 0 bridgehead atoms. The molecule has 10 nitrogen and oxygen atoms in total. The highest BCUT2D eigenvalue weighted by atomic mass is 32.2. The summed E-state index contributed by atoms with van der Waals surface area (Å²) in [7, 11) is -8.09. The van der Waals surface area contributed by atoms with E-state index in [1.54, 1.807) is 30.6 Å². The van der Waals surface area contributed by atoms with E-state index in [0.29, 0.717) is 16.7 Å². The van der Waals surface area contributed by atoms with E-state index in [1.165, 1.54) is 37.5 Å². The van der Waals surface area contributed by atoms with Crippen LogP contribution in [0.15, 0.2) is 58.1 Å². The smallest absolute Gasteiger partial charge is 0.263 e. The number of furan rings is 1. The summed E-state index contributed by atoms with van der Waals surface area (Å²) in [5.41, 5.74) is 2.63. The zero-order chi connectivity index (χ0) is 23.3. The molecular weight excluding hydrogens is 458 g/mol. The Morgan fingerprint density at radius 3 is 2.56 bits per heavy atom. The van der Waals surface area contributed by atoms with Crippen LogP contribution in [-0.2, 0) is 24.7 Å². The number of sulfonamides is 1. The van der Waals surface area contributed by atoms with Crippen molar-refractivity contribution < 1.29 is 31.3 Å². The van der Waals surface area contributed by atoms with Gasteiger partial charge in [-0.1, -0.05) is 0 Å². The lowest BCUT2D eigenvalue weighted by Gasteiger charge is -2.43. The van der Waals surface area contributed by atoms with E-state index in [1.807, 2.05) is 0 Å². The van der Waals surface area contributed by atoms with Gasteiger partial charge in [-0.25, -0.2) is 22.3 Å². The number of hydroxylamine groups is 1. The average Bonchev–Trinajstić information content (AvgIpc) is 3.19. The van der Waals surface area contributed by atoms with Gasteiger partial charge >= 0.3 is 0 Å². The van der Waals surface area contributed by atoms with Gasteiger partial charge in [0.25, 0.3) is 5.91 Å². The third kappa shape index (κ3) is 3.48. The third-order valence-electron chi connectivity index (χ3n) is 5.75. The molecule has 1 aliphatic rings. The van der Waals surface area contributed by atoms with Gasteiger partial charge in [0.15, 0.2) is 9.84 Å². The lowest BCUT2D eigenvalue weighted by molar-refractivity contribution is -0.134. The largest absolute Gasteiger partial charge is 0.456 e. The van der Waals surface area contributed by atoms with E-state index in [4.69, 9.17) is 9.62 Å². The van der Waals surface area contributed by atoms with E-state index < -0.39 is 48.9 Å². The van der Waals surface area contributed by atoms with Crippen LogP contribution in [-0.4, -0.2) is 60.3 Å². The Hall–Kier alpha value is -2.80. The van der Waals surface area contributed by atoms with Crippen LogP contribution in [0.5, 0.6) is 0 Å². The number of hydrogen-bond donors (Lipinski definition) is 2. The number of carbonyl (C=O) groups excluding carboxylic acids is 1. The van der Waals surface area contributed by atoms with Crippen molar-refractivity contribution in [2.45, 2.75) is 29.5 Å². The predicted octanol–water partition coefficient (Wildman–Crippen LogP) is 1.57. The molecule has 0 spiro atoms. The molecule has 0 saturated carbocycles. The lowest BCUT2D eigenvalue weighted by atomic mass is 10.0. The van der Waals surface area contributed by atoms with Crippen LogP contribution in [0.2, 0.25) is 0 Å². The molecule has 2 aromatic heterocycles. The van der Waals surface area contributed by atoms with Crippen LogP contribution in [0.25, 0.3) is 22.3 Å². The fraction of sp³-hybridized carbons (Fsp3) is 0.300. The first kappa shape index (κ1) is 22.4. The molecule has 1 aliphatic heterocycles. The van der Waals surface area contributed by atoms with Crippen molar-refractivity contribution in [3.8, 4) is 11.3 Å². The zero-order valence-electron chi connectivity index (χ0n) is 17.2. The van der Waals surface area contributed by atoms with Gasteiger partial charge in [0.1, 0.15) is 17.4 Å². The maximum absolute atomic E-state index is 13.5. The SMILES string of the molecule is CC1(C)[C@H](C(=O)NO)N(S(=O)(=O)c2ccc3oc(-c4ccncc4)cc3c2)CCS1(=O)=O. The summed E-state index contributed by atoms with van der Waals surface area (Å²) in [5.74, 6) is -1.04. The third-order valence-corrected chi connectivity index (χ3v) is 10.2. The Morgan fingerprint density at radius 1 is 1.22 bits per heavy atom. The number of fused-ring (bicyclic) bond motifs is 1. The first-order valence-corrected chi connectivity index (χ1v) is 12.7. The van der Waals surface area contributed by atoms with Crippen LogP contribution >= 0.6 is 0 Å². The molecule has 1 amide bonds. The molecule has 1 atom stereocenters. The molecule has 3 heterocycles. The van der Waals surface area contributed by atoms with Gasteiger partial charge in [0, 0.05) is 29.9 Å². The number of aromatic nitrogens is 1. The molecule has 3 aromatic rings. The topological polar surface area (TPSA) is 147 Å². The number of rotatable bonds is 4. The molecule has 0 unspecified atom stereocenters. The predicted molar refractivity (Wildman–Crippen MR) is 115 cm³/mol. The van der Waals surface area contributed by atoms with Gasteiger partial charge in [-0.15, -0.1) is 0 Å². The van der Waals surface area contributed by atoms with Crippen molar-refractivity contribution >= 4 is 36.7 Å². The highest BCUT2D eigenvalue weighted by Gasteiger charge is 2.55. The molecule has 4 rings (SSSR count). The Morgan fingerprint density at radius 2 is 1.91 bits per heavy atom. The number of benzene rings is 1. The standard InChI is InChI=1S/C20H21N3O7S2/c1-20(2)18(19(24)22-25)23(9-10-31(20,26)27)32(28,29)15-3-4-16-14(11-15)12-17(30-16)13-5-7-21-8-6-13/h3-8,11-12,18,25H,9-10H2,1-2H3,(H,22,24)/t18-/m0/s1. The van der Waals surface area contributed by atoms with Crippen molar-refractivity contribution in [3.05, 3.63) is 48.8 Å². The molecular formula is C20H21N3O7S2. The average molecular weight is 480 g/mol. The first-order chi connectivity index (χ1) is 15.0. The quantitative estimate of drug-likeness (QED) is 0.423. The minimum Gasteiger partial charge on any atom is -0.456 e. The van der Waals surface area contributed by atoms with Gasteiger partial charge in [0.05, 0.1) is 15.4 Å². The molecule has 1 fully saturated rings. The van der Waals surface area contributed by atoms with E-state index in [9.17, 15) is 21.6 Å². The molecule has 2 N–H and O–H groups in total. The van der Waals surface area contributed by atoms with Crippen LogP contribution in [0.1, 0.15) is 13.8 Å². The van der Waals surface area contributed by atoms with Crippen molar-refractivity contribution in [2.75, 3.05) is 12.3 Å². The highest BCUT2D eigenvalue weighted by molar-refractivity contribution is 7.93. The first-order valence-electron chi connectivity index (χ1n) is 9.61. The second-order valence-corrected chi connectivity index (χ2v) is 12.5. The monoisotopic (exact) mass is 479 g/mol. The van der Waals surface area contributed by atoms with E-state index in [-0.39, 0.29) is 4.90 Å². The summed E-state index contributed by atoms with van der Waals surface area (Å²) in [6.07, 6.45) is 3.22. The zero-order valence-corrected chi connectivity index (χ0v) is 18.9. The van der Waals surface area contributed by atoms with E-state index in [0.717, 1.165) is 9.87 Å². The number of amides is 1. The second kappa shape index (κ2) is 7.66. The molecule has 0 radical (unpaired) electrons. The lowest BCUT2D eigenvalue weighted by Crippen LogP contribution is -2.66. The Balaban J connectivity index is 1.79. The maximum atomic E-state index is 13.5. The van der Waals surface area contributed by atoms with E-state index >= 15 is 0 Å². The molecule has 170 valence electrons. The molecule has 32 heavy (non-hydrogen) atoms. The second-order valence-electron chi connectivity index (χ2n) is 7.96. The Bertz CT molecular complexity index is 1400. The Kier molecular flexibility index (Phi) is 5.36. The number of hydrogen-bond acceptors (Lipinski definition) is 8. The fourth-order valence-corrected chi connectivity index (χ4v) is 7.34. The number of carbonyl (C=O) groups is 1. The summed E-state index contributed by atoms with van der Waals surface area (Å²) < 4.78 is 56.9. The van der Waals surface area contributed by atoms with Crippen LogP contribution in [0.4, 0.5) is 0 Å². The van der Waals surface area contributed by atoms with Gasteiger partial charge < -0.3 is 4.42 Å². The van der Waals surface area contributed by atoms with Gasteiger partial charge in [-0.2, -0.15) is 4.31 Å². The molecule has 1 aromatic carbocycles. The van der Waals surface area contributed by atoms with Crippen molar-refractivity contribution in [1.82, 2.24) is 14.8 Å². The van der Waals surface area contributed by atoms with Crippen LogP contribution in [0.3, 0.4) is 0 Å². The van der Waals surface area contributed by atoms with Crippen molar-refractivity contribution in [2.24, 2.45) is 0 Å². The molecule has 0 aliphatic carbocycles. The Labute approximate surface area is 184 Å². The molecule has 12 heteroatoms. The summed E-state index contributed by atoms with van der Waals surface area (Å²) in [5, 5.41) is 9.68. The maximum Gasteiger partial charge on any atom is 0.263 e. The summed E-state index contributed by atoms with van der Waals surface area (Å²) in [6, 6.07) is 7.79. The number of sulfone groups is 1. The number of pyridine rings is 1. The summed E-state index contributed by atoms with van der Waals surface area (Å²) in [6.45, 7) is 2.12. The minimum absolute atomic E-state index is 0.127. The van der Waals surface area contributed by atoms with Gasteiger partial charge in [0.2, 0.25) is 10.0 Å². The van der Waals surface area contributed by atoms with Crippen LogP contribution in [0, 0.1) is 0 Å². The van der Waals surface area contributed by atoms with E-state index in [2.05, 4.69) is 4.98 Å². The molecule has 1 saturated heterocycles. The van der Waals surface area contributed by atoms with Crippen molar-refractivity contribution in [3.63, 3.8) is 0 Å². The normalized spacial score (nSPS) is 20.8. The highest BCUT2D eigenvalue weighted by Crippen LogP contribution is 2.36. The summed E-state index contributed by atoms with van der Waals surface area (Å²) >= 11 is 0.